The molecule has 0 saturated carbocycles. The zero-order valence-electron chi connectivity index (χ0n) is 36.4. The lowest BCUT2D eigenvalue weighted by Crippen LogP contribution is -2.69. The standard InChI is InChI=1S/C38H88O5Si5/c1-22-39-44(21,40-23-2)28-26-24-25-27-29-45(41-46(30(3)4,31(5)6)32(7)8,42-47(33(9)10,34(11)12)35(13)14)43-48(36(15)16,37(17)18)38(19)20/h30-38H,22-29H2,1-21H3. The van der Waals surface area contributed by atoms with Gasteiger partial charge in [0.15, 0.2) is 25.0 Å². The lowest BCUT2D eigenvalue weighted by Gasteiger charge is -2.56. The molecule has 0 amide bonds. The maximum absolute atomic E-state index is 8.22. The molecule has 290 valence electrons. The van der Waals surface area contributed by atoms with Crippen LogP contribution >= 0.6 is 0 Å². The summed E-state index contributed by atoms with van der Waals surface area (Å²) in [7, 11) is -12.4. The van der Waals surface area contributed by atoms with Gasteiger partial charge in [0.1, 0.15) is 0 Å². The van der Waals surface area contributed by atoms with E-state index >= 15 is 0 Å². The number of rotatable bonds is 26. The van der Waals surface area contributed by atoms with E-state index in [9.17, 15) is 0 Å². The van der Waals surface area contributed by atoms with E-state index in [-0.39, 0.29) is 0 Å². The highest BCUT2D eigenvalue weighted by atomic mass is 28.5. The minimum atomic E-state index is -3.24. The summed E-state index contributed by atoms with van der Waals surface area (Å²) in [6, 6.07) is 1.99. The smallest absolute Gasteiger partial charge is 0.415 e. The Bertz CT molecular complexity index is 721. The van der Waals surface area contributed by atoms with Crippen LogP contribution in [0.2, 0.25) is 68.5 Å². The molecule has 0 aromatic carbocycles. The molecular formula is C38H88O5Si5. The zero-order chi connectivity index (χ0) is 37.9. The van der Waals surface area contributed by atoms with Crippen LogP contribution in [0, 0.1) is 0 Å². The number of unbranched alkanes of at least 4 members (excludes halogenated alkanes) is 3. The second-order valence-electron chi connectivity index (χ2n) is 17.9. The Kier molecular flexibility index (Phi) is 21.3. The maximum Gasteiger partial charge on any atom is 0.469 e. The summed E-state index contributed by atoms with van der Waals surface area (Å²) in [5.74, 6) is 0. The van der Waals surface area contributed by atoms with Gasteiger partial charge in [0, 0.05) is 19.3 Å². The van der Waals surface area contributed by atoms with Crippen molar-refractivity contribution in [3.63, 3.8) is 0 Å². The van der Waals surface area contributed by atoms with E-state index in [1.807, 2.05) is 0 Å². The van der Waals surface area contributed by atoms with Gasteiger partial charge in [-0.3, -0.25) is 0 Å². The Balaban J connectivity index is 7.46. The van der Waals surface area contributed by atoms with Crippen LogP contribution in [0.15, 0.2) is 0 Å². The molecular weight excluding hydrogens is 677 g/mol. The maximum atomic E-state index is 8.22. The van der Waals surface area contributed by atoms with Crippen LogP contribution in [-0.2, 0) is 21.2 Å². The molecule has 0 aliphatic carbocycles. The minimum absolute atomic E-state index is 0.470. The molecule has 0 N–H and O–H groups in total. The van der Waals surface area contributed by atoms with Crippen LogP contribution < -0.4 is 0 Å². The van der Waals surface area contributed by atoms with Crippen LogP contribution in [0.4, 0.5) is 0 Å². The largest absolute Gasteiger partial charge is 0.469 e. The first-order valence-corrected chi connectivity index (χ1v) is 31.2. The lowest BCUT2D eigenvalue weighted by molar-refractivity contribution is 0.188. The molecule has 0 atom stereocenters. The summed E-state index contributed by atoms with van der Waals surface area (Å²) >= 11 is 0. The van der Waals surface area contributed by atoms with Crippen LogP contribution in [0.1, 0.15) is 164 Å². The molecule has 0 saturated heterocycles. The summed E-state index contributed by atoms with van der Waals surface area (Å²) in [4.78, 5) is 0. The molecule has 0 heterocycles. The van der Waals surface area contributed by atoms with Crippen molar-refractivity contribution in [2.45, 2.75) is 233 Å². The molecule has 0 unspecified atom stereocenters. The molecule has 0 fully saturated rings. The van der Waals surface area contributed by atoms with Gasteiger partial charge >= 0.3 is 17.4 Å². The van der Waals surface area contributed by atoms with E-state index in [1.165, 1.54) is 6.42 Å². The first-order chi connectivity index (χ1) is 21.9. The van der Waals surface area contributed by atoms with Crippen LogP contribution in [0.3, 0.4) is 0 Å². The summed E-state index contributed by atoms with van der Waals surface area (Å²) in [6.07, 6.45) is 4.57. The van der Waals surface area contributed by atoms with Crippen molar-refractivity contribution < 1.29 is 21.2 Å². The Hall–Kier alpha value is 0.884. The Morgan fingerprint density at radius 3 is 0.792 bits per heavy atom. The summed E-state index contributed by atoms with van der Waals surface area (Å²) in [6.45, 7) is 51.6. The second-order valence-corrected chi connectivity index (χ2v) is 41.0. The normalized spacial score (nSPS) is 14.6. The lowest BCUT2D eigenvalue weighted by atomic mass is 10.2. The molecule has 10 heteroatoms. The molecule has 0 aliphatic rings. The van der Waals surface area contributed by atoms with E-state index in [0.717, 1.165) is 44.6 Å². The fraction of sp³-hybridized carbons (Fsp3) is 1.00. The third-order valence-corrected chi connectivity index (χ3v) is 40.1. The van der Waals surface area contributed by atoms with E-state index in [2.05, 4.69) is 145 Å². The SMILES string of the molecule is CCO[Si](C)(CCCCCC[Si](O[Si](C(C)C)(C(C)C)C(C)C)(O[Si](C(C)C)(C(C)C)C(C)C)O[Si](C(C)C)(C(C)C)C(C)C)OCC. The van der Waals surface area contributed by atoms with Crippen molar-refractivity contribution in [3.8, 4) is 0 Å². The highest BCUT2D eigenvalue weighted by Crippen LogP contribution is 2.53. The van der Waals surface area contributed by atoms with Gasteiger partial charge in [-0.1, -0.05) is 144 Å². The molecule has 0 aliphatic heterocycles. The van der Waals surface area contributed by atoms with Crippen molar-refractivity contribution in [2.75, 3.05) is 13.2 Å². The minimum Gasteiger partial charge on any atom is -0.415 e. The van der Waals surface area contributed by atoms with Crippen molar-refractivity contribution in [1.29, 1.82) is 0 Å². The van der Waals surface area contributed by atoms with Gasteiger partial charge < -0.3 is 21.2 Å². The van der Waals surface area contributed by atoms with Gasteiger partial charge in [0.05, 0.1) is 0 Å². The van der Waals surface area contributed by atoms with Crippen LogP contribution in [0.5, 0.6) is 0 Å². The van der Waals surface area contributed by atoms with Crippen LogP contribution in [0.25, 0.3) is 0 Å². The summed E-state index contributed by atoms with van der Waals surface area (Å²) < 4.78 is 37.0. The monoisotopic (exact) mass is 765 g/mol. The highest BCUT2D eigenvalue weighted by molar-refractivity contribution is 6.94. The molecule has 0 radical (unpaired) electrons. The van der Waals surface area contributed by atoms with E-state index in [4.69, 9.17) is 21.2 Å². The van der Waals surface area contributed by atoms with Gasteiger partial charge in [0.25, 0.3) is 0 Å². The fourth-order valence-electron chi connectivity index (χ4n) is 10.0. The third-order valence-electron chi connectivity index (χ3n) is 11.9. The van der Waals surface area contributed by atoms with E-state index in [1.54, 1.807) is 0 Å². The fourth-order valence-corrected chi connectivity index (χ4v) is 43.0. The van der Waals surface area contributed by atoms with Crippen molar-refractivity contribution in [2.24, 2.45) is 0 Å². The molecule has 48 heavy (non-hydrogen) atoms. The summed E-state index contributed by atoms with van der Waals surface area (Å²) in [5.41, 5.74) is 4.23. The predicted molar refractivity (Wildman–Crippen MR) is 225 cm³/mol. The quantitative estimate of drug-likeness (QED) is 0.0648. The Morgan fingerprint density at radius 1 is 0.354 bits per heavy atom. The van der Waals surface area contributed by atoms with Gasteiger partial charge in [-0.2, -0.15) is 0 Å². The van der Waals surface area contributed by atoms with Crippen molar-refractivity contribution in [3.05, 3.63) is 0 Å². The van der Waals surface area contributed by atoms with E-state index in [0.29, 0.717) is 49.9 Å². The van der Waals surface area contributed by atoms with Gasteiger partial charge in [-0.05, 0) is 82.7 Å². The van der Waals surface area contributed by atoms with Gasteiger partial charge in [-0.25, -0.2) is 0 Å². The van der Waals surface area contributed by atoms with Gasteiger partial charge in [-0.15, -0.1) is 0 Å². The number of hydrogen-bond donors (Lipinski definition) is 0. The topological polar surface area (TPSA) is 46.2 Å². The second kappa shape index (κ2) is 20.9. The summed E-state index contributed by atoms with van der Waals surface area (Å²) in [5, 5.41) is 0. The Morgan fingerprint density at radius 2 is 0.583 bits per heavy atom. The van der Waals surface area contributed by atoms with Crippen molar-refractivity contribution >= 4 is 42.3 Å². The third kappa shape index (κ3) is 11.7. The first-order valence-electron chi connectivity index (χ1n) is 20.3. The highest BCUT2D eigenvalue weighted by Gasteiger charge is 2.63. The molecule has 0 aromatic heterocycles. The first kappa shape index (κ1) is 48.9. The zero-order valence-corrected chi connectivity index (χ0v) is 41.4. The Labute approximate surface area is 308 Å². The average molecular weight is 766 g/mol. The molecule has 0 aromatic rings. The molecule has 0 bridgehead atoms. The molecule has 0 rings (SSSR count). The van der Waals surface area contributed by atoms with E-state index < -0.39 is 42.3 Å². The predicted octanol–water partition coefficient (Wildman–Crippen LogP) is 14.2. The number of hydrogen-bond acceptors (Lipinski definition) is 5. The molecule has 5 nitrogen and oxygen atoms in total. The van der Waals surface area contributed by atoms with Crippen LogP contribution in [-0.4, -0.2) is 55.5 Å². The van der Waals surface area contributed by atoms with Crippen molar-refractivity contribution in [1.82, 2.24) is 0 Å². The average Bonchev–Trinajstić information content (AvgIpc) is 2.93. The molecule has 0 spiro atoms. The van der Waals surface area contributed by atoms with Gasteiger partial charge in [0.2, 0.25) is 0 Å².